The molecule has 0 unspecified atom stereocenters. The van der Waals surface area contributed by atoms with Gasteiger partial charge in [-0.3, -0.25) is 4.79 Å². The van der Waals surface area contributed by atoms with Crippen molar-refractivity contribution in [2.24, 2.45) is 0 Å². The number of fused-ring (bicyclic) bond motifs is 1. The van der Waals surface area contributed by atoms with Crippen LogP contribution in [0.4, 0.5) is 14.5 Å². The molecule has 0 atom stereocenters. The second-order valence-electron chi connectivity index (χ2n) is 6.25. The highest BCUT2D eigenvalue weighted by atomic mass is 32.2. The van der Waals surface area contributed by atoms with Gasteiger partial charge in [0.15, 0.2) is 11.5 Å². The zero-order valence-corrected chi connectivity index (χ0v) is 16.9. The first-order valence-corrected chi connectivity index (χ1v) is 10.8. The molecule has 0 fully saturated rings. The van der Waals surface area contributed by atoms with Crippen LogP contribution in [0, 0.1) is 11.6 Å². The van der Waals surface area contributed by atoms with Crippen LogP contribution in [0.3, 0.4) is 0 Å². The number of benzene rings is 2. The van der Waals surface area contributed by atoms with Gasteiger partial charge in [0.2, 0.25) is 5.91 Å². The second-order valence-corrected chi connectivity index (χ2v) is 8.30. The minimum atomic E-state index is -0.674. The summed E-state index contributed by atoms with van der Waals surface area (Å²) in [5, 5.41) is 1.95. The van der Waals surface area contributed by atoms with Crippen molar-refractivity contribution in [3.8, 4) is 11.5 Å². The minimum absolute atomic E-state index is 0.0162. The van der Waals surface area contributed by atoms with Crippen LogP contribution < -0.4 is 14.4 Å². The molecule has 0 saturated carbocycles. The van der Waals surface area contributed by atoms with Crippen molar-refractivity contribution in [3.63, 3.8) is 0 Å². The summed E-state index contributed by atoms with van der Waals surface area (Å²) in [6.07, 6.45) is 0. The number of carbonyl (C=O) groups excluding carboxylic acids is 1. The summed E-state index contributed by atoms with van der Waals surface area (Å²) in [5.41, 5.74) is 0.674. The highest BCUT2D eigenvalue weighted by Crippen LogP contribution is 2.35. The first-order chi connectivity index (χ1) is 14.1. The lowest BCUT2D eigenvalue weighted by Crippen LogP contribution is -2.31. The van der Waals surface area contributed by atoms with Crippen LogP contribution in [0.15, 0.2) is 58.8 Å². The van der Waals surface area contributed by atoms with Gasteiger partial charge in [-0.15, -0.1) is 23.1 Å². The van der Waals surface area contributed by atoms with Gasteiger partial charge >= 0.3 is 0 Å². The van der Waals surface area contributed by atoms with Crippen LogP contribution in [0.2, 0.25) is 0 Å². The zero-order chi connectivity index (χ0) is 20.2. The smallest absolute Gasteiger partial charge is 0.237 e. The van der Waals surface area contributed by atoms with Gasteiger partial charge in [0.1, 0.15) is 24.8 Å². The molecule has 0 radical (unpaired) electrons. The normalized spacial score (nSPS) is 12.6. The Morgan fingerprint density at radius 2 is 1.90 bits per heavy atom. The first kappa shape index (κ1) is 19.7. The van der Waals surface area contributed by atoms with Crippen molar-refractivity contribution >= 4 is 34.7 Å². The van der Waals surface area contributed by atoms with Crippen molar-refractivity contribution in [3.05, 3.63) is 70.4 Å². The number of carbonyl (C=O) groups is 1. The molecule has 2 aromatic carbocycles. The van der Waals surface area contributed by atoms with Gasteiger partial charge in [-0.2, -0.15) is 0 Å². The van der Waals surface area contributed by atoms with E-state index in [-0.39, 0.29) is 16.6 Å². The molecule has 0 saturated heterocycles. The molecular weight excluding hydrogens is 416 g/mol. The van der Waals surface area contributed by atoms with Gasteiger partial charge in [0.25, 0.3) is 0 Å². The fourth-order valence-corrected chi connectivity index (χ4v) is 4.38. The lowest BCUT2D eigenvalue weighted by atomic mass is 10.2. The fourth-order valence-electron chi connectivity index (χ4n) is 2.89. The predicted molar refractivity (Wildman–Crippen MR) is 110 cm³/mol. The lowest BCUT2D eigenvalue weighted by Gasteiger charge is -2.25. The van der Waals surface area contributed by atoms with E-state index >= 15 is 0 Å². The highest BCUT2D eigenvalue weighted by molar-refractivity contribution is 8.00. The Morgan fingerprint density at radius 1 is 1.07 bits per heavy atom. The Morgan fingerprint density at radius 3 is 2.66 bits per heavy atom. The van der Waals surface area contributed by atoms with E-state index < -0.39 is 11.6 Å². The summed E-state index contributed by atoms with van der Waals surface area (Å²) >= 11 is 2.60. The predicted octanol–water partition coefficient (Wildman–Crippen LogP) is 5.12. The number of thiophene rings is 1. The van der Waals surface area contributed by atoms with E-state index in [2.05, 4.69) is 0 Å². The van der Waals surface area contributed by atoms with Crippen molar-refractivity contribution in [2.75, 3.05) is 23.9 Å². The van der Waals surface area contributed by atoms with Gasteiger partial charge in [0.05, 0.1) is 12.3 Å². The fraction of sp³-hybridized carbons (Fsp3) is 0.190. The summed E-state index contributed by atoms with van der Waals surface area (Å²) in [5.74, 6) is -0.256. The molecular formula is C21H17F2NO3S2. The van der Waals surface area contributed by atoms with Crippen LogP contribution in [0.25, 0.3) is 0 Å². The largest absolute Gasteiger partial charge is 0.486 e. The monoisotopic (exact) mass is 433 g/mol. The van der Waals surface area contributed by atoms with Gasteiger partial charge in [0, 0.05) is 27.6 Å². The Balaban J connectivity index is 1.55. The van der Waals surface area contributed by atoms with Gasteiger partial charge < -0.3 is 14.4 Å². The van der Waals surface area contributed by atoms with E-state index in [1.807, 2.05) is 23.6 Å². The molecule has 1 amide bonds. The molecule has 2 heterocycles. The number of hydrogen-bond acceptors (Lipinski definition) is 5. The molecule has 1 aromatic heterocycles. The summed E-state index contributed by atoms with van der Waals surface area (Å²) in [6.45, 7) is 1.34. The summed E-state index contributed by atoms with van der Waals surface area (Å²) < 4.78 is 38.2. The maximum atomic E-state index is 13.9. The standard InChI is InChI=1S/C21H17F2NO3S2/c22-14-3-6-20(17(23)10-14)29-13-21(25)24(12-16-2-1-9-28-16)15-4-5-18-19(11-15)27-8-7-26-18/h1-6,9-11H,7-8,12-13H2. The van der Waals surface area contributed by atoms with E-state index in [4.69, 9.17) is 9.47 Å². The molecule has 0 N–H and O–H groups in total. The third-order valence-corrected chi connectivity index (χ3v) is 6.17. The summed E-state index contributed by atoms with van der Waals surface area (Å²) in [6, 6.07) is 12.6. The Kier molecular flexibility index (Phi) is 6.01. The van der Waals surface area contributed by atoms with Gasteiger partial charge in [-0.25, -0.2) is 8.78 Å². The summed E-state index contributed by atoms with van der Waals surface area (Å²) in [4.78, 5) is 15.9. The molecule has 29 heavy (non-hydrogen) atoms. The maximum absolute atomic E-state index is 13.9. The molecule has 8 heteroatoms. The highest BCUT2D eigenvalue weighted by Gasteiger charge is 2.21. The van der Waals surface area contributed by atoms with Crippen LogP contribution in [-0.2, 0) is 11.3 Å². The zero-order valence-electron chi connectivity index (χ0n) is 15.3. The third-order valence-electron chi connectivity index (χ3n) is 4.28. The average molecular weight is 434 g/mol. The molecule has 1 aliphatic heterocycles. The molecule has 3 aromatic rings. The SMILES string of the molecule is O=C(CSc1ccc(F)cc1F)N(Cc1cccs1)c1ccc2c(c1)OCCO2. The number of amides is 1. The Bertz CT molecular complexity index is 1010. The van der Waals surface area contributed by atoms with E-state index in [1.54, 1.807) is 28.4 Å². The minimum Gasteiger partial charge on any atom is -0.486 e. The van der Waals surface area contributed by atoms with Crippen LogP contribution in [-0.4, -0.2) is 24.9 Å². The molecule has 0 bridgehead atoms. The van der Waals surface area contributed by atoms with Crippen LogP contribution in [0.1, 0.15) is 4.88 Å². The number of thioether (sulfide) groups is 1. The quantitative estimate of drug-likeness (QED) is 0.506. The first-order valence-electron chi connectivity index (χ1n) is 8.90. The molecule has 4 nitrogen and oxygen atoms in total. The summed E-state index contributed by atoms with van der Waals surface area (Å²) in [7, 11) is 0. The molecule has 1 aliphatic rings. The number of rotatable bonds is 6. The van der Waals surface area contributed by atoms with Crippen molar-refractivity contribution in [2.45, 2.75) is 11.4 Å². The van der Waals surface area contributed by atoms with Crippen molar-refractivity contribution in [1.82, 2.24) is 0 Å². The molecule has 4 rings (SSSR count). The maximum Gasteiger partial charge on any atom is 0.237 e. The Labute approximate surface area is 175 Å². The van der Waals surface area contributed by atoms with E-state index in [0.717, 1.165) is 22.7 Å². The topological polar surface area (TPSA) is 38.8 Å². The molecule has 0 spiro atoms. The van der Waals surface area contributed by atoms with Crippen LogP contribution in [0.5, 0.6) is 11.5 Å². The lowest BCUT2D eigenvalue weighted by molar-refractivity contribution is -0.116. The van der Waals surface area contributed by atoms with Gasteiger partial charge in [-0.05, 0) is 35.7 Å². The number of anilines is 1. The second kappa shape index (κ2) is 8.84. The third kappa shape index (κ3) is 4.71. The van der Waals surface area contributed by atoms with E-state index in [0.29, 0.717) is 36.9 Å². The number of hydrogen-bond donors (Lipinski definition) is 0. The van der Waals surface area contributed by atoms with Crippen LogP contribution >= 0.6 is 23.1 Å². The Hall–Kier alpha value is -2.58. The number of ether oxygens (including phenoxy) is 2. The van der Waals surface area contributed by atoms with E-state index in [9.17, 15) is 13.6 Å². The number of nitrogens with zero attached hydrogens (tertiary/aromatic N) is 1. The van der Waals surface area contributed by atoms with Crippen molar-refractivity contribution < 1.29 is 23.0 Å². The molecule has 150 valence electrons. The van der Waals surface area contributed by atoms with Crippen molar-refractivity contribution in [1.29, 1.82) is 0 Å². The van der Waals surface area contributed by atoms with E-state index in [1.165, 1.54) is 12.1 Å². The van der Waals surface area contributed by atoms with Gasteiger partial charge in [-0.1, -0.05) is 6.07 Å². The molecule has 0 aliphatic carbocycles. The average Bonchev–Trinajstić information content (AvgIpc) is 3.24. The number of halogens is 2.